The normalized spacial score (nSPS) is 12.6. The molecular formula is C16H24N2O3. The number of carbonyl (C=O) groups is 2. The van der Waals surface area contributed by atoms with Crippen LogP contribution in [0.5, 0.6) is 0 Å². The number of nitrogens with two attached hydrogens (primary N) is 1. The second-order valence-electron chi connectivity index (χ2n) is 5.86. The summed E-state index contributed by atoms with van der Waals surface area (Å²) >= 11 is 0. The van der Waals surface area contributed by atoms with E-state index in [0.29, 0.717) is 12.1 Å². The van der Waals surface area contributed by atoms with Crippen molar-refractivity contribution >= 4 is 17.6 Å². The van der Waals surface area contributed by atoms with E-state index >= 15 is 0 Å². The second-order valence-corrected chi connectivity index (χ2v) is 5.86. The molecule has 5 nitrogen and oxygen atoms in total. The minimum Gasteiger partial charge on any atom is -0.459 e. The number of rotatable bonds is 5. The molecule has 0 aromatic heterocycles. The summed E-state index contributed by atoms with van der Waals surface area (Å²) in [6, 6.07) is 8.37. The monoisotopic (exact) mass is 292 g/mol. The van der Waals surface area contributed by atoms with E-state index in [9.17, 15) is 9.59 Å². The van der Waals surface area contributed by atoms with Crippen LogP contribution >= 0.6 is 0 Å². The number of para-hydroxylation sites is 1. The fourth-order valence-electron chi connectivity index (χ4n) is 1.78. The predicted octanol–water partition coefficient (Wildman–Crippen LogP) is 2.10. The summed E-state index contributed by atoms with van der Waals surface area (Å²) < 4.78 is 5.28. The number of hydrogen-bond acceptors (Lipinski definition) is 4. The minimum absolute atomic E-state index is 0.145. The summed E-state index contributed by atoms with van der Waals surface area (Å²) in [7, 11) is 0. The summed E-state index contributed by atoms with van der Waals surface area (Å²) in [6.07, 6.45) is 0.510. The van der Waals surface area contributed by atoms with E-state index < -0.39 is 17.6 Å². The van der Waals surface area contributed by atoms with Crippen LogP contribution in [0.4, 0.5) is 5.69 Å². The molecule has 0 saturated heterocycles. The van der Waals surface area contributed by atoms with Gasteiger partial charge in [-0.05, 0) is 39.3 Å². The van der Waals surface area contributed by atoms with Gasteiger partial charge in [-0.2, -0.15) is 0 Å². The van der Waals surface area contributed by atoms with Gasteiger partial charge in [0.25, 0.3) is 0 Å². The maximum atomic E-state index is 12.4. The van der Waals surface area contributed by atoms with Crippen molar-refractivity contribution in [1.29, 1.82) is 0 Å². The predicted molar refractivity (Wildman–Crippen MR) is 82.9 cm³/mol. The molecule has 0 unspecified atom stereocenters. The summed E-state index contributed by atoms with van der Waals surface area (Å²) in [5.74, 6) is -0.738. The Kier molecular flexibility index (Phi) is 5.90. The molecule has 0 radical (unpaired) electrons. The van der Waals surface area contributed by atoms with Gasteiger partial charge in [0.1, 0.15) is 12.1 Å². The zero-order chi connectivity index (χ0) is 16.0. The van der Waals surface area contributed by atoms with Gasteiger partial charge in [0.05, 0.1) is 6.04 Å². The van der Waals surface area contributed by atoms with Crippen LogP contribution in [0.2, 0.25) is 0 Å². The highest BCUT2D eigenvalue weighted by molar-refractivity contribution is 6.00. The van der Waals surface area contributed by atoms with E-state index in [0.717, 1.165) is 0 Å². The number of benzene rings is 1. The van der Waals surface area contributed by atoms with Crippen molar-refractivity contribution in [1.82, 2.24) is 0 Å². The first-order valence-corrected chi connectivity index (χ1v) is 7.08. The molecule has 0 heterocycles. The maximum absolute atomic E-state index is 12.4. The van der Waals surface area contributed by atoms with E-state index in [1.54, 1.807) is 32.9 Å². The molecule has 0 fully saturated rings. The van der Waals surface area contributed by atoms with Crippen molar-refractivity contribution in [2.45, 2.75) is 45.8 Å². The molecule has 1 aromatic rings. The molecular weight excluding hydrogens is 268 g/mol. The third kappa shape index (κ3) is 5.55. The van der Waals surface area contributed by atoms with Crippen molar-refractivity contribution in [2.75, 3.05) is 11.4 Å². The molecule has 5 heteroatoms. The minimum atomic E-state index is -0.632. The van der Waals surface area contributed by atoms with Crippen LogP contribution in [0.15, 0.2) is 30.3 Å². The Morgan fingerprint density at radius 2 is 1.81 bits per heavy atom. The number of esters is 1. The lowest BCUT2D eigenvalue weighted by molar-refractivity contribution is -0.153. The lowest BCUT2D eigenvalue weighted by Crippen LogP contribution is -2.46. The van der Waals surface area contributed by atoms with Crippen LogP contribution in [0, 0.1) is 0 Å². The van der Waals surface area contributed by atoms with Gasteiger partial charge in [0, 0.05) is 5.69 Å². The molecule has 2 N–H and O–H groups in total. The molecule has 1 atom stereocenters. The van der Waals surface area contributed by atoms with Gasteiger partial charge in [0.15, 0.2) is 0 Å². The van der Waals surface area contributed by atoms with Crippen LogP contribution < -0.4 is 10.6 Å². The summed E-state index contributed by atoms with van der Waals surface area (Å²) in [5, 5.41) is 0. The van der Waals surface area contributed by atoms with Gasteiger partial charge in [-0.1, -0.05) is 25.1 Å². The highest BCUT2D eigenvalue weighted by atomic mass is 16.6. The Morgan fingerprint density at radius 1 is 1.24 bits per heavy atom. The van der Waals surface area contributed by atoms with Crippen LogP contribution in [-0.4, -0.2) is 30.1 Å². The molecule has 116 valence electrons. The van der Waals surface area contributed by atoms with E-state index in [2.05, 4.69) is 0 Å². The number of ether oxygens (including phenoxy) is 1. The van der Waals surface area contributed by atoms with Crippen molar-refractivity contribution < 1.29 is 14.3 Å². The smallest absolute Gasteiger partial charge is 0.326 e. The van der Waals surface area contributed by atoms with Gasteiger partial charge in [-0.3, -0.25) is 14.5 Å². The van der Waals surface area contributed by atoms with Gasteiger partial charge in [0.2, 0.25) is 5.91 Å². The van der Waals surface area contributed by atoms with Gasteiger partial charge in [-0.25, -0.2) is 0 Å². The zero-order valence-electron chi connectivity index (χ0n) is 13.1. The second kappa shape index (κ2) is 7.22. The van der Waals surface area contributed by atoms with E-state index in [1.807, 2.05) is 25.1 Å². The van der Waals surface area contributed by atoms with Gasteiger partial charge < -0.3 is 10.5 Å². The van der Waals surface area contributed by atoms with E-state index in [-0.39, 0.29) is 12.5 Å². The molecule has 1 rings (SSSR count). The van der Waals surface area contributed by atoms with Crippen molar-refractivity contribution in [2.24, 2.45) is 5.73 Å². The number of amides is 1. The topological polar surface area (TPSA) is 72.6 Å². The molecule has 0 aliphatic rings. The third-order valence-corrected chi connectivity index (χ3v) is 2.80. The van der Waals surface area contributed by atoms with Crippen molar-refractivity contribution in [3.05, 3.63) is 30.3 Å². The summed E-state index contributed by atoms with van der Waals surface area (Å²) in [4.78, 5) is 25.7. The first-order chi connectivity index (χ1) is 9.74. The Bertz CT molecular complexity index is 480. The number of nitrogens with zero attached hydrogens (tertiary/aromatic N) is 1. The van der Waals surface area contributed by atoms with Crippen LogP contribution in [-0.2, 0) is 14.3 Å². The zero-order valence-corrected chi connectivity index (χ0v) is 13.1. The maximum Gasteiger partial charge on any atom is 0.326 e. The Balaban J connectivity index is 2.93. The summed E-state index contributed by atoms with van der Waals surface area (Å²) in [6.45, 7) is 7.05. The molecule has 1 amide bonds. The average Bonchev–Trinajstić information content (AvgIpc) is 2.42. The van der Waals surface area contributed by atoms with E-state index in [4.69, 9.17) is 10.5 Å². The summed E-state index contributed by atoms with van der Waals surface area (Å²) in [5.41, 5.74) is 5.86. The fraction of sp³-hybridized carbons (Fsp3) is 0.500. The quantitative estimate of drug-likeness (QED) is 0.844. The number of carbonyl (C=O) groups excluding carboxylic acids is 2. The van der Waals surface area contributed by atoms with Crippen molar-refractivity contribution in [3.63, 3.8) is 0 Å². The number of anilines is 1. The number of hydrogen-bond donors (Lipinski definition) is 1. The molecule has 0 aliphatic carbocycles. The molecule has 0 saturated carbocycles. The lowest BCUT2D eigenvalue weighted by atomic mass is 10.2. The van der Waals surface area contributed by atoms with Gasteiger partial charge >= 0.3 is 5.97 Å². The molecule has 1 aromatic carbocycles. The molecule has 0 bridgehead atoms. The van der Waals surface area contributed by atoms with Crippen LogP contribution in [0.3, 0.4) is 0 Å². The Labute approximate surface area is 126 Å². The first kappa shape index (κ1) is 17.2. The first-order valence-electron chi connectivity index (χ1n) is 7.08. The third-order valence-electron chi connectivity index (χ3n) is 2.80. The molecule has 0 aliphatic heterocycles. The Hall–Kier alpha value is -1.88. The van der Waals surface area contributed by atoms with Crippen LogP contribution in [0.25, 0.3) is 0 Å². The standard InChI is InChI=1S/C16H24N2O3/c1-5-13(17)15(20)18(12-9-7-6-8-10-12)11-14(19)21-16(2,3)4/h6-10,13H,5,11,17H2,1-4H3/t13-/m0/s1. The fourth-order valence-corrected chi connectivity index (χ4v) is 1.78. The molecule has 0 spiro atoms. The largest absolute Gasteiger partial charge is 0.459 e. The SMILES string of the molecule is CC[C@H](N)C(=O)N(CC(=O)OC(C)(C)C)c1ccccc1. The lowest BCUT2D eigenvalue weighted by Gasteiger charge is -2.27. The van der Waals surface area contributed by atoms with Gasteiger partial charge in [-0.15, -0.1) is 0 Å². The Morgan fingerprint density at radius 3 is 2.29 bits per heavy atom. The average molecular weight is 292 g/mol. The van der Waals surface area contributed by atoms with Crippen LogP contribution in [0.1, 0.15) is 34.1 Å². The molecule has 21 heavy (non-hydrogen) atoms. The van der Waals surface area contributed by atoms with E-state index in [1.165, 1.54) is 4.90 Å². The highest BCUT2D eigenvalue weighted by Crippen LogP contribution is 2.16. The van der Waals surface area contributed by atoms with Crippen molar-refractivity contribution in [3.8, 4) is 0 Å². The highest BCUT2D eigenvalue weighted by Gasteiger charge is 2.26.